The number of hydrogen-bond acceptors (Lipinski definition) is 2. The van der Waals surface area contributed by atoms with Crippen LogP contribution in [0.4, 0.5) is 11.4 Å². The predicted molar refractivity (Wildman–Crippen MR) is 113 cm³/mol. The number of fused-ring (bicyclic) bond motifs is 1. The maximum Gasteiger partial charge on any atom is 0.251 e. The highest BCUT2D eigenvalue weighted by Gasteiger charge is 2.31. The summed E-state index contributed by atoms with van der Waals surface area (Å²) in [6.07, 6.45) is 5.06. The molecule has 0 atom stereocenters. The van der Waals surface area contributed by atoms with Gasteiger partial charge in [-0.2, -0.15) is 0 Å². The summed E-state index contributed by atoms with van der Waals surface area (Å²) >= 11 is 6.27. The molecule has 0 aromatic heterocycles. The lowest BCUT2D eigenvalue weighted by molar-refractivity contribution is 0.0925. The van der Waals surface area contributed by atoms with Gasteiger partial charge in [0, 0.05) is 34.9 Å². The van der Waals surface area contributed by atoms with Crippen molar-refractivity contribution in [1.29, 1.82) is 0 Å². The molecule has 0 unspecified atom stereocenters. The van der Waals surface area contributed by atoms with Gasteiger partial charge in [0.25, 0.3) is 5.91 Å². The third-order valence-electron chi connectivity index (χ3n) is 5.99. The van der Waals surface area contributed by atoms with Crippen molar-refractivity contribution in [3.8, 4) is 0 Å². The van der Waals surface area contributed by atoms with Gasteiger partial charge in [0.2, 0.25) is 5.69 Å². The van der Waals surface area contributed by atoms with Crippen LogP contribution >= 0.6 is 11.6 Å². The van der Waals surface area contributed by atoms with E-state index in [1.54, 1.807) is 0 Å². The fourth-order valence-corrected chi connectivity index (χ4v) is 4.59. The Morgan fingerprint density at radius 1 is 1.18 bits per heavy atom. The number of benzene rings is 2. The molecule has 0 bridgehead atoms. The largest absolute Gasteiger partial charge is 0.368 e. The quantitative estimate of drug-likeness (QED) is 0.718. The van der Waals surface area contributed by atoms with E-state index in [1.165, 1.54) is 11.3 Å². The first-order valence-corrected chi connectivity index (χ1v) is 10.3. The van der Waals surface area contributed by atoms with Crippen molar-refractivity contribution in [3.63, 3.8) is 0 Å². The van der Waals surface area contributed by atoms with Gasteiger partial charge in [0.15, 0.2) is 0 Å². The van der Waals surface area contributed by atoms with Gasteiger partial charge in [-0.25, -0.2) is 4.85 Å². The van der Waals surface area contributed by atoms with Crippen molar-refractivity contribution in [3.05, 3.63) is 69.5 Å². The number of anilines is 1. The SMILES string of the molecule is [C-]#[N+]c1cc2c(cc1Cl)N(C1CCC(NC(=O)c3ccc(C)cc3)CC1)CC2. The molecule has 4 rings (SSSR count). The fraction of sp³-hybridized carbons (Fsp3) is 0.391. The number of halogens is 1. The lowest BCUT2D eigenvalue weighted by atomic mass is 9.90. The van der Waals surface area contributed by atoms with E-state index in [4.69, 9.17) is 18.2 Å². The number of carbonyl (C=O) groups is 1. The monoisotopic (exact) mass is 393 g/mol. The molecule has 1 aliphatic heterocycles. The molecule has 4 nitrogen and oxygen atoms in total. The molecule has 0 spiro atoms. The molecule has 5 heteroatoms. The van der Waals surface area contributed by atoms with Crippen LogP contribution in [0.25, 0.3) is 4.85 Å². The van der Waals surface area contributed by atoms with E-state index < -0.39 is 0 Å². The number of nitrogens with zero attached hydrogens (tertiary/aromatic N) is 2. The molecule has 1 aliphatic carbocycles. The van der Waals surface area contributed by atoms with E-state index in [9.17, 15) is 4.79 Å². The summed E-state index contributed by atoms with van der Waals surface area (Å²) in [6.45, 7) is 10.2. The van der Waals surface area contributed by atoms with Gasteiger partial charge >= 0.3 is 0 Å². The van der Waals surface area contributed by atoms with E-state index in [0.29, 0.717) is 16.8 Å². The van der Waals surface area contributed by atoms with Gasteiger partial charge < -0.3 is 10.2 Å². The molecule has 2 aliphatic rings. The molecule has 1 saturated carbocycles. The summed E-state index contributed by atoms with van der Waals surface area (Å²) in [6, 6.07) is 12.3. The smallest absolute Gasteiger partial charge is 0.251 e. The second kappa shape index (κ2) is 7.85. The molecule has 1 fully saturated rings. The molecule has 1 N–H and O–H groups in total. The normalized spacial score (nSPS) is 21.1. The van der Waals surface area contributed by atoms with E-state index in [1.807, 2.05) is 43.3 Å². The van der Waals surface area contributed by atoms with E-state index >= 15 is 0 Å². The van der Waals surface area contributed by atoms with Crippen molar-refractivity contribution in [2.75, 3.05) is 11.4 Å². The molecule has 1 heterocycles. The van der Waals surface area contributed by atoms with Crippen LogP contribution in [0, 0.1) is 13.5 Å². The Kier molecular flexibility index (Phi) is 5.28. The van der Waals surface area contributed by atoms with Crippen molar-refractivity contribution in [2.45, 2.75) is 51.1 Å². The van der Waals surface area contributed by atoms with Gasteiger partial charge in [-0.05, 0) is 68.9 Å². The molecule has 1 amide bonds. The topological polar surface area (TPSA) is 36.7 Å². The van der Waals surface area contributed by atoms with Gasteiger partial charge in [0.1, 0.15) is 0 Å². The third kappa shape index (κ3) is 3.72. The summed E-state index contributed by atoms with van der Waals surface area (Å²) in [5, 5.41) is 3.74. The molecule has 144 valence electrons. The average molecular weight is 394 g/mol. The molecule has 0 radical (unpaired) electrons. The first-order chi connectivity index (χ1) is 13.5. The Balaban J connectivity index is 1.37. The molecule has 0 saturated heterocycles. The molecular formula is C23H24ClN3O. The summed E-state index contributed by atoms with van der Waals surface area (Å²) in [5.74, 6) is 0.0217. The van der Waals surface area contributed by atoms with E-state index in [-0.39, 0.29) is 11.9 Å². The number of aryl methyl sites for hydroxylation is 1. The number of rotatable bonds is 3. The molecule has 28 heavy (non-hydrogen) atoms. The number of nitrogens with one attached hydrogen (secondary N) is 1. The highest BCUT2D eigenvalue weighted by Crippen LogP contribution is 2.40. The first kappa shape index (κ1) is 18.8. The molecular weight excluding hydrogens is 370 g/mol. The Hall–Kier alpha value is -2.51. The van der Waals surface area contributed by atoms with Crippen molar-refractivity contribution < 1.29 is 4.79 Å². The lowest BCUT2D eigenvalue weighted by Crippen LogP contribution is -2.43. The zero-order chi connectivity index (χ0) is 19.7. The van der Waals surface area contributed by atoms with Crippen molar-refractivity contribution >= 4 is 28.9 Å². The van der Waals surface area contributed by atoms with Crippen LogP contribution in [0.15, 0.2) is 36.4 Å². The Morgan fingerprint density at radius 3 is 2.57 bits per heavy atom. The van der Waals surface area contributed by atoms with E-state index in [0.717, 1.165) is 49.8 Å². The Bertz CT molecular complexity index is 924. The van der Waals surface area contributed by atoms with Crippen LogP contribution in [0.1, 0.15) is 47.2 Å². The van der Waals surface area contributed by atoms with Gasteiger partial charge in [-0.3, -0.25) is 4.79 Å². The molecule has 2 aromatic rings. The number of carbonyl (C=O) groups excluding carboxylic acids is 1. The second-order valence-corrected chi connectivity index (χ2v) is 8.24. The fourth-order valence-electron chi connectivity index (χ4n) is 4.39. The standard InChI is InChI=1S/C23H24ClN3O/c1-15-3-5-16(6-4-15)23(28)26-18-7-9-19(10-8-18)27-12-11-17-13-21(25-2)20(24)14-22(17)27/h3-6,13-14,18-19H,7-12H2,1H3,(H,26,28). The Labute approximate surface area is 171 Å². The summed E-state index contributed by atoms with van der Waals surface area (Å²) in [5.41, 5.74) is 4.84. The minimum atomic E-state index is 0.0217. The summed E-state index contributed by atoms with van der Waals surface area (Å²) in [7, 11) is 0. The minimum Gasteiger partial charge on any atom is -0.368 e. The zero-order valence-corrected chi connectivity index (χ0v) is 16.8. The lowest BCUT2D eigenvalue weighted by Gasteiger charge is -2.36. The zero-order valence-electron chi connectivity index (χ0n) is 16.0. The summed E-state index contributed by atoms with van der Waals surface area (Å²) < 4.78 is 0. The van der Waals surface area contributed by atoms with Gasteiger partial charge in [0.05, 0.1) is 6.57 Å². The van der Waals surface area contributed by atoms with Crippen LogP contribution in [0.2, 0.25) is 5.02 Å². The van der Waals surface area contributed by atoms with Crippen LogP contribution < -0.4 is 10.2 Å². The molecule has 2 aromatic carbocycles. The van der Waals surface area contributed by atoms with Crippen molar-refractivity contribution in [2.24, 2.45) is 0 Å². The van der Waals surface area contributed by atoms with E-state index in [2.05, 4.69) is 15.1 Å². The third-order valence-corrected chi connectivity index (χ3v) is 6.29. The van der Waals surface area contributed by atoms with Gasteiger partial charge in [-0.1, -0.05) is 29.3 Å². The number of amides is 1. The Morgan fingerprint density at radius 2 is 1.89 bits per heavy atom. The number of hydrogen-bond donors (Lipinski definition) is 1. The van der Waals surface area contributed by atoms with Crippen LogP contribution in [-0.2, 0) is 6.42 Å². The van der Waals surface area contributed by atoms with Crippen LogP contribution in [-0.4, -0.2) is 24.5 Å². The average Bonchev–Trinajstić information content (AvgIpc) is 3.11. The van der Waals surface area contributed by atoms with Crippen molar-refractivity contribution in [1.82, 2.24) is 5.32 Å². The highest BCUT2D eigenvalue weighted by molar-refractivity contribution is 6.33. The maximum absolute atomic E-state index is 12.5. The maximum atomic E-state index is 12.5. The van der Waals surface area contributed by atoms with Gasteiger partial charge in [-0.15, -0.1) is 0 Å². The second-order valence-electron chi connectivity index (χ2n) is 7.83. The van der Waals surface area contributed by atoms with Crippen LogP contribution in [0.5, 0.6) is 0 Å². The first-order valence-electron chi connectivity index (χ1n) is 9.89. The minimum absolute atomic E-state index is 0.0217. The highest BCUT2D eigenvalue weighted by atomic mass is 35.5. The predicted octanol–water partition coefficient (Wildman–Crippen LogP) is 5.30. The van der Waals surface area contributed by atoms with Crippen LogP contribution in [0.3, 0.4) is 0 Å². The summed E-state index contributed by atoms with van der Waals surface area (Å²) in [4.78, 5) is 18.4.